The van der Waals surface area contributed by atoms with Crippen LogP contribution < -0.4 is 15.4 Å². The van der Waals surface area contributed by atoms with Crippen molar-refractivity contribution >= 4 is 23.2 Å². The third-order valence-electron chi connectivity index (χ3n) is 4.12. The topological polar surface area (TPSA) is 70.7 Å². The second-order valence-electron chi connectivity index (χ2n) is 6.08. The van der Waals surface area contributed by atoms with E-state index < -0.39 is 0 Å². The Morgan fingerprint density at radius 1 is 1.07 bits per heavy atom. The summed E-state index contributed by atoms with van der Waals surface area (Å²) in [7, 11) is 0. The van der Waals surface area contributed by atoms with Crippen LogP contribution in [0.2, 0.25) is 0 Å². The highest BCUT2D eigenvalue weighted by molar-refractivity contribution is 5.96. The van der Waals surface area contributed by atoms with Crippen molar-refractivity contribution in [3.8, 4) is 5.75 Å². The number of carbonyl (C=O) groups excluding carboxylic acids is 2. The minimum Gasteiger partial charge on any atom is -0.490 e. The van der Waals surface area contributed by atoms with Crippen molar-refractivity contribution in [1.82, 2.24) is 4.90 Å². The summed E-state index contributed by atoms with van der Waals surface area (Å²) in [5.41, 5.74) is 2.01. The van der Waals surface area contributed by atoms with E-state index in [-0.39, 0.29) is 18.4 Å². The molecule has 0 bridgehead atoms. The van der Waals surface area contributed by atoms with Crippen molar-refractivity contribution in [2.45, 2.75) is 13.8 Å². The summed E-state index contributed by atoms with van der Waals surface area (Å²) >= 11 is 0. The lowest BCUT2D eigenvalue weighted by Gasteiger charge is -2.19. The lowest BCUT2D eigenvalue weighted by atomic mass is 10.1. The van der Waals surface area contributed by atoms with Gasteiger partial charge in [-0.3, -0.25) is 9.59 Å². The van der Waals surface area contributed by atoms with Crippen LogP contribution in [0.3, 0.4) is 0 Å². The van der Waals surface area contributed by atoms with Crippen molar-refractivity contribution < 1.29 is 14.3 Å². The molecule has 0 heterocycles. The molecule has 6 heteroatoms. The number of amides is 2. The molecule has 0 aliphatic rings. The van der Waals surface area contributed by atoms with E-state index in [4.69, 9.17) is 4.74 Å². The molecule has 148 valence electrons. The monoisotopic (exact) mass is 381 g/mol. The van der Waals surface area contributed by atoms with Crippen molar-refractivity contribution in [2.75, 3.05) is 36.9 Å². The second-order valence-corrected chi connectivity index (χ2v) is 6.08. The first-order chi connectivity index (χ1) is 13.6. The number of rotatable bonds is 10. The van der Waals surface area contributed by atoms with Crippen LogP contribution in [0.25, 0.3) is 0 Å². The standard InChI is InChI=1S/C22H27N3O3/c1-4-14-28-20-12-10-18(11-13-20)24-21(26)16-23-19-9-7-8-17(15-19)22(27)25(5-2)6-3/h4,7-13,15,23H,1,5-6,14,16H2,2-3H3,(H,24,26). The minimum atomic E-state index is -0.180. The largest absolute Gasteiger partial charge is 0.490 e. The third kappa shape index (κ3) is 6.16. The number of nitrogens with zero attached hydrogens (tertiary/aromatic N) is 1. The van der Waals surface area contributed by atoms with Gasteiger partial charge in [0, 0.05) is 30.0 Å². The van der Waals surface area contributed by atoms with E-state index in [1.165, 1.54) is 0 Å². The number of hydrogen-bond donors (Lipinski definition) is 2. The van der Waals surface area contributed by atoms with Crippen LogP contribution in [-0.4, -0.2) is 43.0 Å². The molecule has 0 spiro atoms. The van der Waals surface area contributed by atoms with Crippen LogP contribution >= 0.6 is 0 Å². The minimum absolute atomic E-state index is 0.0168. The van der Waals surface area contributed by atoms with Crippen LogP contribution in [0.1, 0.15) is 24.2 Å². The summed E-state index contributed by atoms with van der Waals surface area (Å²) in [6.45, 7) is 9.35. The van der Waals surface area contributed by atoms with Gasteiger partial charge >= 0.3 is 0 Å². The SMILES string of the molecule is C=CCOc1ccc(NC(=O)CNc2cccc(C(=O)N(CC)CC)c2)cc1. The predicted molar refractivity (Wildman–Crippen MR) is 113 cm³/mol. The normalized spacial score (nSPS) is 10.1. The summed E-state index contributed by atoms with van der Waals surface area (Å²) in [6.07, 6.45) is 1.67. The number of nitrogens with one attached hydrogen (secondary N) is 2. The van der Waals surface area contributed by atoms with Crippen molar-refractivity contribution in [3.63, 3.8) is 0 Å². The Balaban J connectivity index is 1.89. The molecule has 2 N–H and O–H groups in total. The molecule has 2 aromatic carbocycles. The molecule has 0 atom stereocenters. The van der Waals surface area contributed by atoms with Gasteiger partial charge in [0.25, 0.3) is 5.91 Å². The van der Waals surface area contributed by atoms with E-state index in [2.05, 4.69) is 17.2 Å². The average Bonchev–Trinajstić information content (AvgIpc) is 2.73. The molecule has 2 amide bonds. The lowest BCUT2D eigenvalue weighted by Crippen LogP contribution is -2.30. The second kappa shape index (κ2) is 10.8. The van der Waals surface area contributed by atoms with Crippen molar-refractivity contribution in [2.24, 2.45) is 0 Å². The van der Waals surface area contributed by atoms with E-state index in [0.717, 1.165) is 5.69 Å². The summed E-state index contributed by atoms with van der Waals surface area (Å²) in [6, 6.07) is 14.3. The van der Waals surface area contributed by atoms with E-state index in [9.17, 15) is 9.59 Å². The van der Waals surface area contributed by atoms with Crippen LogP contribution in [0.15, 0.2) is 61.2 Å². The van der Waals surface area contributed by atoms with Gasteiger partial charge in [-0.2, -0.15) is 0 Å². The highest BCUT2D eigenvalue weighted by atomic mass is 16.5. The maximum absolute atomic E-state index is 12.4. The van der Waals surface area contributed by atoms with Crippen LogP contribution in [0.4, 0.5) is 11.4 Å². The summed E-state index contributed by atoms with van der Waals surface area (Å²) in [5.74, 6) is 0.516. The zero-order valence-corrected chi connectivity index (χ0v) is 16.4. The molecule has 0 aromatic heterocycles. The quantitative estimate of drug-likeness (QED) is 0.615. The van der Waals surface area contributed by atoms with Gasteiger partial charge in [-0.15, -0.1) is 0 Å². The van der Waals surface area contributed by atoms with Crippen molar-refractivity contribution in [1.29, 1.82) is 0 Å². The van der Waals surface area contributed by atoms with Crippen LogP contribution in [0.5, 0.6) is 5.75 Å². The van der Waals surface area contributed by atoms with E-state index in [1.807, 2.05) is 19.9 Å². The smallest absolute Gasteiger partial charge is 0.253 e. The number of ether oxygens (including phenoxy) is 1. The van der Waals surface area contributed by atoms with Crippen LogP contribution in [0, 0.1) is 0 Å². The maximum atomic E-state index is 12.4. The molecular formula is C22H27N3O3. The fourth-order valence-corrected chi connectivity index (χ4v) is 2.63. The fraction of sp³-hybridized carbons (Fsp3) is 0.273. The first kappa shape index (κ1) is 21.0. The Hall–Kier alpha value is -3.28. The van der Waals surface area contributed by atoms with Gasteiger partial charge < -0.3 is 20.3 Å². The zero-order valence-electron chi connectivity index (χ0n) is 16.4. The molecule has 2 aromatic rings. The molecule has 6 nitrogen and oxygen atoms in total. The first-order valence-corrected chi connectivity index (χ1v) is 9.34. The van der Waals surface area contributed by atoms with Crippen molar-refractivity contribution in [3.05, 3.63) is 66.7 Å². The lowest BCUT2D eigenvalue weighted by molar-refractivity contribution is -0.114. The van der Waals surface area contributed by atoms with Gasteiger partial charge in [-0.1, -0.05) is 18.7 Å². The summed E-state index contributed by atoms with van der Waals surface area (Å²) < 4.78 is 5.41. The Morgan fingerprint density at radius 3 is 2.43 bits per heavy atom. The first-order valence-electron chi connectivity index (χ1n) is 9.34. The molecule has 0 fully saturated rings. The zero-order chi connectivity index (χ0) is 20.4. The van der Waals surface area contributed by atoms with Gasteiger partial charge in [-0.05, 0) is 56.3 Å². The number of benzene rings is 2. The molecule has 0 saturated carbocycles. The molecule has 0 aliphatic heterocycles. The summed E-state index contributed by atoms with van der Waals surface area (Å²) in [4.78, 5) is 26.4. The van der Waals surface area contributed by atoms with E-state index >= 15 is 0 Å². The predicted octanol–water partition coefficient (Wildman–Crippen LogP) is 3.78. The van der Waals surface area contributed by atoms with E-state index in [0.29, 0.717) is 36.7 Å². The van der Waals surface area contributed by atoms with Gasteiger partial charge in [0.1, 0.15) is 12.4 Å². The molecule has 0 aliphatic carbocycles. The van der Waals surface area contributed by atoms with Gasteiger partial charge in [0.05, 0.1) is 6.54 Å². The molecule has 0 unspecified atom stereocenters. The Labute approximate surface area is 166 Å². The maximum Gasteiger partial charge on any atom is 0.253 e. The Morgan fingerprint density at radius 2 is 1.79 bits per heavy atom. The average molecular weight is 381 g/mol. The molecule has 2 rings (SSSR count). The number of hydrogen-bond acceptors (Lipinski definition) is 4. The molecular weight excluding hydrogens is 354 g/mol. The number of anilines is 2. The molecule has 28 heavy (non-hydrogen) atoms. The van der Waals surface area contributed by atoms with Gasteiger partial charge in [-0.25, -0.2) is 0 Å². The summed E-state index contributed by atoms with van der Waals surface area (Å²) in [5, 5.41) is 5.87. The molecule has 0 radical (unpaired) electrons. The Kier molecular flexibility index (Phi) is 8.09. The fourth-order valence-electron chi connectivity index (χ4n) is 2.63. The highest BCUT2D eigenvalue weighted by Gasteiger charge is 2.12. The van der Waals surface area contributed by atoms with Gasteiger partial charge in [0.15, 0.2) is 0 Å². The highest BCUT2D eigenvalue weighted by Crippen LogP contribution is 2.16. The number of carbonyl (C=O) groups is 2. The Bertz CT molecular complexity index is 799. The van der Waals surface area contributed by atoms with Crippen LogP contribution in [-0.2, 0) is 4.79 Å². The van der Waals surface area contributed by atoms with E-state index in [1.54, 1.807) is 53.4 Å². The third-order valence-corrected chi connectivity index (χ3v) is 4.12. The molecule has 0 saturated heterocycles. The van der Waals surface area contributed by atoms with Gasteiger partial charge in [0.2, 0.25) is 5.91 Å².